The number of benzene rings is 1. The molecule has 1 aromatic carbocycles. The average Bonchev–Trinajstić information content (AvgIpc) is 2.93. The van der Waals surface area contributed by atoms with Crippen molar-refractivity contribution in [2.45, 2.75) is 0 Å². The minimum atomic E-state index is -0.522. The first-order valence-corrected chi connectivity index (χ1v) is 6.29. The molecule has 5 heteroatoms. The van der Waals surface area contributed by atoms with Crippen LogP contribution in [0.3, 0.4) is 0 Å². The number of amides is 1. The van der Waals surface area contributed by atoms with Crippen LogP contribution in [0.25, 0.3) is 21.3 Å². The maximum absolute atomic E-state index is 11.2. The van der Waals surface area contributed by atoms with Crippen molar-refractivity contribution in [2.24, 2.45) is 5.73 Å². The van der Waals surface area contributed by atoms with Crippen LogP contribution in [0.5, 0.6) is 0 Å². The molecule has 90 valence electrons. The highest BCUT2D eigenvalue weighted by atomic mass is 32.1. The zero-order chi connectivity index (χ0) is 12.7. The Balaban J connectivity index is 2.13. The lowest BCUT2D eigenvalue weighted by atomic mass is 10.1. The molecule has 18 heavy (non-hydrogen) atoms. The van der Waals surface area contributed by atoms with Gasteiger partial charge >= 0.3 is 0 Å². The number of primary amides is 1. The number of fused-ring (bicyclic) bond motifs is 1. The molecule has 5 N–H and O–H groups in total. The second kappa shape index (κ2) is 3.89. The fourth-order valence-electron chi connectivity index (χ4n) is 1.96. The van der Waals surface area contributed by atoms with E-state index in [0.717, 1.165) is 11.3 Å². The normalized spacial score (nSPS) is 10.9. The van der Waals surface area contributed by atoms with E-state index in [9.17, 15) is 4.79 Å². The van der Waals surface area contributed by atoms with Crippen LogP contribution in [0.2, 0.25) is 0 Å². The number of rotatable bonds is 2. The fourth-order valence-corrected chi connectivity index (χ4v) is 2.74. The summed E-state index contributed by atoms with van der Waals surface area (Å²) in [7, 11) is 0. The largest absolute Gasteiger partial charge is 0.385 e. The standard InChI is InChI=1S/C13H11N3OS/c14-12-9(13(15)17)6-10(16-12)7-1-2-11-8(5-7)3-4-18-11/h1-6,16H,14H2,(H2,15,17). The Bertz CT molecular complexity index is 742. The summed E-state index contributed by atoms with van der Waals surface area (Å²) in [6.07, 6.45) is 0. The minimum Gasteiger partial charge on any atom is -0.385 e. The van der Waals surface area contributed by atoms with Gasteiger partial charge < -0.3 is 16.5 Å². The number of carbonyl (C=O) groups is 1. The van der Waals surface area contributed by atoms with E-state index in [1.165, 1.54) is 10.1 Å². The van der Waals surface area contributed by atoms with Crippen molar-refractivity contribution in [3.63, 3.8) is 0 Å². The molecule has 2 heterocycles. The lowest BCUT2D eigenvalue weighted by molar-refractivity contribution is 0.100. The Morgan fingerprint density at radius 2 is 2.06 bits per heavy atom. The van der Waals surface area contributed by atoms with Gasteiger partial charge in [-0.2, -0.15) is 0 Å². The van der Waals surface area contributed by atoms with Crippen LogP contribution in [0.1, 0.15) is 10.4 Å². The Hall–Kier alpha value is -2.27. The predicted molar refractivity (Wildman–Crippen MR) is 74.5 cm³/mol. The van der Waals surface area contributed by atoms with Crippen LogP contribution in [-0.2, 0) is 0 Å². The molecule has 0 radical (unpaired) electrons. The molecule has 0 saturated carbocycles. The van der Waals surface area contributed by atoms with Crippen molar-refractivity contribution in [2.75, 3.05) is 5.73 Å². The van der Waals surface area contributed by atoms with Crippen LogP contribution >= 0.6 is 11.3 Å². The summed E-state index contributed by atoms with van der Waals surface area (Å²) in [5.74, 6) is -0.213. The van der Waals surface area contributed by atoms with Gasteiger partial charge in [0, 0.05) is 10.4 Å². The number of aromatic amines is 1. The van der Waals surface area contributed by atoms with E-state index in [4.69, 9.17) is 11.5 Å². The number of H-pyrrole nitrogens is 1. The molecule has 0 unspecified atom stereocenters. The molecular formula is C13H11N3OS. The molecule has 0 aliphatic rings. The number of hydrogen-bond acceptors (Lipinski definition) is 3. The van der Waals surface area contributed by atoms with Crippen molar-refractivity contribution in [1.82, 2.24) is 4.98 Å². The van der Waals surface area contributed by atoms with Crippen molar-refractivity contribution in [1.29, 1.82) is 0 Å². The van der Waals surface area contributed by atoms with E-state index in [1.807, 2.05) is 11.4 Å². The highest BCUT2D eigenvalue weighted by Crippen LogP contribution is 2.28. The quantitative estimate of drug-likeness (QED) is 0.659. The summed E-state index contributed by atoms with van der Waals surface area (Å²) < 4.78 is 1.23. The summed E-state index contributed by atoms with van der Waals surface area (Å²) in [4.78, 5) is 14.1. The molecular weight excluding hydrogens is 246 g/mol. The smallest absolute Gasteiger partial charge is 0.252 e. The second-order valence-electron chi connectivity index (χ2n) is 4.05. The Labute approximate surface area is 107 Å². The molecule has 0 spiro atoms. The summed E-state index contributed by atoms with van der Waals surface area (Å²) in [6.45, 7) is 0. The highest BCUT2D eigenvalue weighted by Gasteiger charge is 2.11. The van der Waals surface area contributed by atoms with Crippen molar-refractivity contribution in [3.05, 3.63) is 41.3 Å². The SMILES string of the molecule is NC(=O)c1cc(-c2ccc3sccc3c2)[nH]c1N. The van der Waals surface area contributed by atoms with Gasteiger partial charge in [-0.05, 0) is 40.6 Å². The van der Waals surface area contributed by atoms with Gasteiger partial charge in [0.15, 0.2) is 0 Å². The van der Waals surface area contributed by atoms with Crippen LogP contribution in [-0.4, -0.2) is 10.9 Å². The van der Waals surface area contributed by atoms with Crippen molar-refractivity contribution < 1.29 is 4.79 Å². The van der Waals surface area contributed by atoms with Crippen LogP contribution in [0.4, 0.5) is 5.82 Å². The van der Waals surface area contributed by atoms with Gasteiger partial charge in [0.05, 0.1) is 5.56 Å². The van der Waals surface area contributed by atoms with Crippen molar-refractivity contribution >= 4 is 33.1 Å². The van der Waals surface area contributed by atoms with E-state index in [2.05, 4.69) is 23.2 Å². The molecule has 3 rings (SSSR count). The fraction of sp³-hybridized carbons (Fsp3) is 0. The van der Waals surface area contributed by atoms with Gasteiger partial charge in [-0.25, -0.2) is 0 Å². The first-order chi connectivity index (χ1) is 8.65. The second-order valence-corrected chi connectivity index (χ2v) is 5.00. The average molecular weight is 257 g/mol. The number of thiophene rings is 1. The van der Waals surface area contributed by atoms with Gasteiger partial charge in [0.1, 0.15) is 5.82 Å². The number of carbonyl (C=O) groups excluding carboxylic acids is 1. The summed E-state index contributed by atoms with van der Waals surface area (Å²) in [5, 5.41) is 3.22. The number of hydrogen-bond donors (Lipinski definition) is 3. The lowest BCUT2D eigenvalue weighted by Gasteiger charge is -1.98. The van der Waals surface area contributed by atoms with Crippen LogP contribution < -0.4 is 11.5 Å². The number of nitrogen functional groups attached to an aromatic ring is 1. The van der Waals surface area contributed by atoms with E-state index >= 15 is 0 Å². The Morgan fingerprint density at radius 1 is 1.22 bits per heavy atom. The van der Waals surface area contributed by atoms with E-state index in [0.29, 0.717) is 11.4 Å². The summed E-state index contributed by atoms with van der Waals surface area (Å²) in [6, 6.07) is 9.85. The first kappa shape index (κ1) is 10.9. The molecule has 1 amide bonds. The van der Waals surface area contributed by atoms with Gasteiger partial charge in [0.25, 0.3) is 5.91 Å². The molecule has 0 fully saturated rings. The van der Waals surface area contributed by atoms with Gasteiger partial charge in [-0.3, -0.25) is 4.79 Å². The number of nitrogens with two attached hydrogens (primary N) is 2. The topological polar surface area (TPSA) is 84.9 Å². The molecule has 0 aliphatic heterocycles. The number of anilines is 1. The van der Waals surface area contributed by atoms with E-state index in [-0.39, 0.29) is 0 Å². The summed E-state index contributed by atoms with van der Waals surface area (Å²) >= 11 is 1.70. The third-order valence-corrected chi connectivity index (χ3v) is 3.77. The maximum atomic E-state index is 11.2. The first-order valence-electron chi connectivity index (χ1n) is 5.41. The van der Waals surface area contributed by atoms with Crippen molar-refractivity contribution in [3.8, 4) is 11.3 Å². The molecule has 2 aromatic heterocycles. The molecule has 0 aliphatic carbocycles. The summed E-state index contributed by atoms with van der Waals surface area (Å²) in [5.41, 5.74) is 13.1. The van der Waals surface area contributed by atoms with Crippen LogP contribution in [0.15, 0.2) is 35.7 Å². The zero-order valence-corrected chi connectivity index (χ0v) is 10.3. The van der Waals surface area contributed by atoms with E-state index < -0.39 is 5.91 Å². The Morgan fingerprint density at radius 3 is 2.78 bits per heavy atom. The minimum absolute atomic E-state index is 0.308. The van der Waals surface area contributed by atoms with E-state index in [1.54, 1.807) is 17.4 Å². The molecule has 0 saturated heterocycles. The van der Waals surface area contributed by atoms with Gasteiger partial charge in [0.2, 0.25) is 0 Å². The lowest BCUT2D eigenvalue weighted by Crippen LogP contribution is -2.11. The third kappa shape index (κ3) is 1.65. The molecule has 0 bridgehead atoms. The molecule has 0 atom stereocenters. The number of nitrogens with one attached hydrogen (secondary N) is 1. The zero-order valence-electron chi connectivity index (χ0n) is 9.44. The molecule has 3 aromatic rings. The van der Waals surface area contributed by atoms with Gasteiger partial charge in [-0.15, -0.1) is 11.3 Å². The Kier molecular flexibility index (Phi) is 2.34. The highest BCUT2D eigenvalue weighted by molar-refractivity contribution is 7.17. The predicted octanol–water partition coefficient (Wildman–Crippen LogP) is 2.58. The molecule has 4 nitrogen and oxygen atoms in total. The number of aromatic nitrogens is 1. The van der Waals surface area contributed by atoms with Crippen LogP contribution in [0, 0.1) is 0 Å². The van der Waals surface area contributed by atoms with Gasteiger partial charge in [-0.1, -0.05) is 6.07 Å². The third-order valence-electron chi connectivity index (χ3n) is 2.88. The monoisotopic (exact) mass is 257 g/mol. The maximum Gasteiger partial charge on any atom is 0.252 e.